The van der Waals surface area contributed by atoms with Crippen LogP contribution in [0.5, 0.6) is 0 Å². The third kappa shape index (κ3) is 18.0. The molecule has 8 nitrogen and oxygen atoms in total. The molecule has 0 radical (unpaired) electrons. The number of nitrogens with two attached hydrogens (primary N) is 1. The number of hydrogen-bond donors (Lipinski definition) is 3. The summed E-state index contributed by atoms with van der Waals surface area (Å²) in [4.78, 5) is 14.6. The van der Waals surface area contributed by atoms with E-state index in [0.29, 0.717) is 25.4 Å². The Kier molecular flexibility index (Phi) is 23.7. The van der Waals surface area contributed by atoms with Crippen molar-refractivity contribution >= 4 is 124 Å². The largest absolute Gasteiger partial charge is 0.772 e. The quantitative estimate of drug-likeness (QED) is 0.0598. The first-order valence-electron chi connectivity index (χ1n) is 21.4. The van der Waals surface area contributed by atoms with Crippen LogP contribution in [-0.2, 0) is 39.6 Å². The average Bonchev–Trinajstić information content (AvgIpc) is 3.76. The second kappa shape index (κ2) is 28.8. The molecule has 0 aliphatic heterocycles. The van der Waals surface area contributed by atoms with Crippen molar-refractivity contribution in [3.63, 3.8) is 0 Å². The van der Waals surface area contributed by atoms with Gasteiger partial charge in [-0.05, 0) is 139 Å². The lowest BCUT2D eigenvalue weighted by atomic mass is 9.99. The van der Waals surface area contributed by atoms with Crippen molar-refractivity contribution in [2.24, 2.45) is 0 Å². The molecule has 0 aliphatic carbocycles. The van der Waals surface area contributed by atoms with Crippen molar-refractivity contribution in [3.05, 3.63) is 186 Å². The van der Waals surface area contributed by atoms with Gasteiger partial charge in [-0.25, -0.2) is 0 Å². The summed E-state index contributed by atoms with van der Waals surface area (Å²) in [5.41, 5.74) is 18.2. The Morgan fingerprint density at radius 2 is 1.22 bits per heavy atom. The number of nitrogen functional groups attached to an aromatic ring is 1. The summed E-state index contributed by atoms with van der Waals surface area (Å²) < 4.78 is 76.9. The summed E-state index contributed by atoms with van der Waals surface area (Å²) >= 11 is 20.7. The normalized spacial score (nSPS) is 10.9. The molecule has 4 N–H and O–H groups in total. The van der Waals surface area contributed by atoms with Gasteiger partial charge in [0.2, 0.25) is 0 Å². The number of benzene rings is 7. The molecule has 7 aromatic carbocycles. The smallest absolute Gasteiger partial charge is 0.471 e. The van der Waals surface area contributed by atoms with Crippen molar-refractivity contribution < 1.29 is 35.1 Å². The Hall–Kier alpha value is -5.29. The predicted octanol–water partition coefficient (Wildman–Crippen LogP) is 16.2. The minimum atomic E-state index is -4.99. The van der Waals surface area contributed by atoms with E-state index in [1.165, 1.54) is 33.8 Å². The van der Waals surface area contributed by atoms with Crippen LogP contribution in [0.3, 0.4) is 0 Å². The highest BCUT2D eigenvalue weighted by Crippen LogP contribution is 2.37. The fourth-order valence-corrected chi connectivity index (χ4v) is 8.60. The number of halogens is 8. The highest BCUT2D eigenvalue weighted by atomic mass is 127. The summed E-state index contributed by atoms with van der Waals surface area (Å²) in [5, 5.41) is 4.65. The zero-order chi connectivity index (χ0) is 53.1. The topological polar surface area (TPSA) is 145 Å². The lowest BCUT2D eigenvalue weighted by Gasteiger charge is -2.13. The van der Waals surface area contributed by atoms with Gasteiger partial charge >= 0.3 is 23.7 Å². The van der Waals surface area contributed by atoms with Crippen LogP contribution in [0.25, 0.3) is 55.4 Å². The number of aromatic nitrogens is 1. The molecule has 0 spiro atoms. The van der Waals surface area contributed by atoms with Crippen molar-refractivity contribution in [2.45, 2.75) is 45.5 Å². The standard InChI is InChI=1S/C23H20ClN.C21H14ClF3INO3S.C6H5BrClN.C4H6.O2S/c1-3-20-12-19-13-21(22(24)14-23(19)25-20)18-10-8-17(9-11-18)16-6-4-15(2)5-7-16;22-17-10-19(27-20(28)21(23,24)25)18(26)9-16(17)15-7-5-14(6-8-15)13-3-1-12(2-4-13)11-31(29)30;7-5-2-1-4(9)3-6(5)8;1-3-4-2;1-3-2/h4-14,25H,3H2,1-2H3;1-10H,11H2,(H,27,28)(H,29,30);1-3H,9H2;1H,4H2,2H3;/p-1. The molecule has 72 heavy (non-hydrogen) atoms. The van der Waals surface area contributed by atoms with Gasteiger partial charge in [0.15, 0.2) is 0 Å². The lowest BCUT2D eigenvalue weighted by molar-refractivity contribution is -0.167. The second-order valence-corrected chi connectivity index (χ2v) is 19.6. The third-order valence-corrected chi connectivity index (χ3v) is 13.5. The number of rotatable bonds is 8. The molecule has 0 fully saturated rings. The van der Waals surface area contributed by atoms with E-state index in [2.05, 4.69) is 101 Å². The van der Waals surface area contributed by atoms with Crippen LogP contribution in [0.15, 0.2) is 150 Å². The van der Waals surface area contributed by atoms with E-state index in [1.807, 2.05) is 83.4 Å². The fourth-order valence-electron chi connectivity index (χ4n) is 6.56. The number of aryl methyl sites for hydroxylation is 2. The van der Waals surface area contributed by atoms with Gasteiger partial charge < -0.3 is 20.6 Å². The first-order valence-corrected chi connectivity index (χ1v) is 26.3. The zero-order valence-electron chi connectivity index (χ0n) is 38.5. The minimum Gasteiger partial charge on any atom is -0.772 e. The Bertz CT molecular complexity index is 3200. The van der Waals surface area contributed by atoms with Gasteiger partial charge in [-0.15, -0.1) is 12.3 Å². The Morgan fingerprint density at radius 1 is 0.764 bits per heavy atom. The van der Waals surface area contributed by atoms with Crippen LogP contribution in [0.2, 0.25) is 15.1 Å². The number of fused-ring (bicyclic) bond motifs is 1. The number of amides is 1. The van der Waals surface area contributed by atoms with Crippen LogP contribution >= 0.6 is 73.3 Å². The number of hydrogen-bond acceptors (Lipinski definition) is 6. The summed E-state index contributed by atoms with van der Waals surface area (Å²) in [5.74, 6) is 0.321. The predicted molar refractivity (Wildman–Crippen MR) is 302 cm³/mol. The van der Waals surface area contributed by atoms with E-state index in [-0.39, 0.29) is 16.5 Å². The molecule has 8 aromatic rings. The first-order chi connectivity index (χ1) is 34.2. The maximum absolute atomic E-state index is 12.5. The van der Waals surface area contributed by atoms with Gasteiger partial charge in [0, 0.05) is 53.6 Å². The van der Waals surface area contributed by atoms with Crippen molar-refractivity contribution in [3.8, 4) is 56.9 Å². The number of carbonyl (C=O) groups excluding carboxylic acids is 1. The summed E-state index contributed by atoms with van der Waals surface area (Å²) in [6.45, 7) is 6.20. The lowest BCUT2D eigenvalue weighted by Crippen LogP contribution is -2.30. The maximum Gasteiger partial charge on any atom is 0.471 e. The molecular weight excluding hydrogens is 1200 g/mol. The summed E-state index contributed by atoms with van der Waals surface area (Å²) in [7, 11) is 0. The van der Waals surface area contributed by atoms with Crippen LogP contribution in [0, 0.1) is 22.8 Å². The highest BCUT2D eigenvalue weighted by Gasteiger charge is 2.39. The number of terminal acetylenes is 1. The molecule has 1 unspecified atom stereocenters. The number of aromatic amines is 1. The summed E-state index contributed by atoms with van der Waals surface area (Å²) in [6, 6.07) is 46.3. The van der Waals surface area contributed by atoms with Gasteiger partial charge in [0.25, 0.3) is 0 Å². The molecule has 1 atom stereocenters. The molecule has 18 heteroatoms. The maximum atomic E-state index is 12.5. The van der Waals surface area contributed by atoms with E-state index in [1.54, 1.807) is 30.3 Å². The van der Waals surface area contributed by atoms with Gasteiger partial charge in [0.1, 0.15) is 0 Å². The van der Waals surface area contributed by atoms with Crippen LogP contribution < -0.4 is 11.1 Å². The van der Waals surface area contributed by atoms with Gasteiger partial charge in [-0.1, -0.05) is 162 Å². The Morgan fingerprint density at radius 3 is 1.67 bits per heavy atom. The SMILES string of the molecule is C#CCC.CCc1cc2cc(-c3ccc(-c4ccc(C)cc4)cc3)c(Cl)cc2[nH]1.Nc1ccc(Br)c(Cl)c1.O=C(Nc1cc(Cl)c(-c2ccc(-c3ccc(CS(=O)[O-])cc3)cc2)cc1I)C(F)(F)F.O=S=O. The average molecular weight is 1250 g/mol. The van der Waals surface area contributed by atoms with Gasteiger partial charge in [-0.2, -0.15) is 21.6 Å². The molecule has 1 aromatic heterocycles. The highest BCUT2D eigenvalue weighted by molar-refractivity contribution is 14.1. The molecule has 1 heterocycles. The minimum absolute atomic E-state index is 0.0209. The molecular formula is C54H44BrCl3F3IN3O5S2-. The molecule has 8 rings (SSSR count). The van der Waals surface area contributed by atoms with Crippen molar-refractivity contribution in [1.82, 2.24) is 4.98 Å². The third-order valence-electron chi connectivity index (χ3n) is 10.2. The van der Waals surface area contributed by atoms with Crippen LogP contribution in [0.1, 0.15) is 37.1 Å². The number of anilines is 2. The van der Waals surface area contributed by atoms with E-state index in [0.717, 1.165) is 55.7 Å². The monoisotopic (exact) mass is 1250 g/mol. The molecule has 0 aliphatic rings. The molecule has 0 bridgehead atoms. The van der Waals surface area contributed by atoms with E-state index in [9.17, 15) is 26.7 Å². The molecule has 0 saturated heterocycles. The van der Waals surface area contributed by atoms with Crippen molar-refractivity contribution in [2.75, 3.05) is 11.1 Å². The number of H-pyrrole nitrogens is 1. The molecule has 0 saturated carbocycles. The van der Waals surface area contributed by atoms with Crippen LogP contribution in [-0.4, -0.2) is 34.2 Å². The van der Waals surface area contributed by atoms with Crippen molar-refractivity contribution in [1.29, 1.82) is 0 Å². The van der Waals surface area contributed by atoms with Gasteiger partial charge in [0.05, 0.1) is 20.8 Å². The van der Waals surface area contributed by atoms with Crippen LogP contribution in [0.4, 0.5) is 24.5 Å². The van der Waals surface area contributed by atoms with E-state index < -0.39 is 34.7 Å². The molecule has 1 amide bonds. The number of carbonyl (C=O) groups is 1. The van der Waals surface area contributed by atoms with Gasteiger partial charge in [-0.3, -0.25) is 9.00 Å². The number of alkyl halides is 3. The Balaban J connectivity index is 0.000000242. The fraction of sp³-hybridized carbons (Fsp3) is 0.130. The zero-order valence-corrected chi connectivity index (χ0v) is 46.2. The first kappa shape index (κ1) is 59.3. The van der Waals surface area contributed by atoms with E-state index in [4.69, 9.17) is 55.4 Å². The molecule has 374 valence electrons. The second-order valence-electron chi connectivity index (χ2n) is 15.3. The number of nitrogens with one attached hydrogen (secondary N) is 2. The summed E-state index contributed by atoms with van der Waals surface area (Å²) in [6.07, 6.45) is 1.63. The van der Waals surface area contributed by atoms with E-state index >= 15 is 0 Å². The Labute approximate surface area is 459 Å².